The summed E-state index contributed by atoms with van der Waals surface area (Å²) in [4.78, 5) is 36.7. The predicted molar refractivity (Wildman–Crippen MR) is 192 cm³/mol. The molecule has 0 aromatic heterocycles. The molecule has 0 saturated heterocycles. The van der Waals surface area contributed by atoms with E-state index in [1.165, 1.54) is 57.8 Å². The molecule has 1 N–H and O–H groups in total. The number of unbranched alkanes of at least 4 members (excludes halogenated alkanes) is 15. The molecule has 0 aliphatic carbocycles. The fourth-order valence-electron chi connectivity index (χ4n) is 5.30. The molecule has 0 aliphatic heterocycles. The van der Waals surface area contributed by atoms with Crippen LogP contribution in [0.3, 0.4) is 0 Å². The Hall–Kier alpha value is -2.19. The largest absolute Gasteiger partial charge is 0.477 e. The van der Waals surface area contributed by atoms with E-state index in [1.54, 1.807) is 0 Å². The van der Waals surface area contributed by atoms with Gasteiger partial charge in [-0.1, -0.05) is 102 Å². The standard InChI is InChI=1S/C39H71NO7/c1-6-8-10-12-14-16-18-20-22-24-26-28-30-38(42)47-35(33-45-32-31-36(39(43)44)40(3,4)5)34-46-37(41)29-27-25-23-21-19-17-15-13-11-9-7-2/h13-16,35-36H,6-12,17-34H2,1-5H3/p+1/b15-13+,16-14+. The van der Waals surface area contributed by atoms with Crippen LogP contribution in [0.2, 0.25) is 0 Å². The molecule has 274 valence electrons. The molecule has 47 heavy (non-hydrogen) atoms. The zero-order valence-corrected chi connectivity index (χ0v) is 31.0. The van der Waals surface area contributed by atoms with E-state index in [4.69, 9.17) is 14.2 Å². The van der Waals surface area contributed by atoms with Crippen molar-refractivity contribution in [1.29, 1.82) is 0 Å². The summed E-state index contributed by atoms with van der Waals surface area (Å²) in [6.07, 6.45) is 30.7. The number of quaternary nitrogens is 1. The zero-order chi connectivity index (χ0) is 35.0. The molecule has 0 fully saturated rings. The summed E-state index contributed by atoms with van der Waals surface area (Å²) in [5.41, 5.74) is 0. The van der Waals surface area contributed by atoms with E-state index >= 15 is 0 Å². The Morgan fingerprint density at radius 3 is 1.60 bits per heavy atom. The third-order valence-electron chi connectivity index (χ3n) is 8.32. The first-order valence-electron chi connectivity index (χ1n) is 18.9. The number of esters is 2. The molecule has 0 radical (unpaired) electrons. The number of aliphatic carboxylic acids is 1. The van der Waals surface area contributed by atoms with Gasteiger partial charge in [0, 0.05) is 19.3 Å². The van der Waals surface area contributed by atoms with Crippen LogP contribution in [0.15, 0.2) is 24.3 Å². The van der Waals surface area contributed by atoms with Gasteiger partial charge in [-0.05, 0) is 57.8 Å². The Kier molecular flexibility index (Phi) is 29.7. The summed E-state index contributed by atoms with van der Waals surface area (Å²) in [7, 11) is 5.51. The molecule has 2 atom stereocenters. The zero-order valence-electron chi connectivity index (χ0n) is 31.0. The highest BCUT2D eigenvalue weighted by molar-refractivity contribution is 5.72. The van der Waals surface area contributed by atoms with Gasteiger partial charge in [-0.2, -0.15) is 0 Å². The number of likely N-dealkylation sites (N-methyl/N-ethyl adjacent to an activating group) is 1. The topological polar surface area (TPSA) is 99.1 Å². The maximum atomic E-state index is 12.6. The van der Waals surface area contributed by atoms with Crippen molar-refractivity contribution in [3.8, 4) is 0 Å². The van der Waals surface area contributed by atoms with Gasteiger partial charge in [-0.3, -0.25) is 9.59 Å². The molecule has 0 spiro atoms. The molecule has 0 bridgehead atoms. The SMILES string of the molecule is CCCC/C=C/CCCCCCCC(=O)OCC(COCCC(C(=O)O)[N+](C)(C)C)OC(=O)CCCCCCC/C=C/CCCCC. The lowest BCUT2D eigenvalue weighted by Crippen LogP contribution is -2.50. The van der Waals surface area contributed by atoms with Gasteiger partial charge < -0.3 is 23.8 Å². The number of carbonyl (C=O) groups is 3. The van der Waals surface area contributed by atoms with Crippen LogP contribution in [0.5, 0.6) is 0 Å². The van der Waals surface area contributed by atoms with Crippen LogP contribution in [0.25, 0.3) is 0 Å². The summed E-state index contributed by atoms with van der Waals surface area (Å²) in [5.74, 6) is -1.49. The Labute approximate surface area is 288 Å². The van der Waals surface area contributed by atoms with Gasteiger partial charge >= 0.3 is 17.9 Å². The quantitative estimate of drug-likeness (QED) is 0.0322. The van der Waals surface area contributed by atoms with Crippen molar-refractivity contribution in [3.63, 3.8) is 0 Å². The van der Waals surface area contributed by atoms with Crippen LogP contribution in [0.4, 0.5) is 0 Å². The number of hydrogen-bond donors (Lipinski definition) is 1. The first-order valence-corrected chi connectivity index (χ1v) is 18.9. The highest BCUT2D eigenvalue weighted by Gasteiger charge is 2.31. The summed E-state index contributed by atoms with van der Waals surface area (Å²) < 4.78 is 17.2. The number of nitrogens with zero attached hydrogens (tertiary/aromatic N) is 1. The average molecular weight is 667 g/mol. The molecule has 0 saturated carbocycles. The molecule has 8 nitrogen and oxygen atoms in total. The molecule has 2 unspecified atom stereocenters. The summed E-state index contributed by atoms with van der Waals surface area (Å²) in [6.45, 7) is 4.64. The number of rotatable bonds is 33. The van der Waals surface area contributed by atoms with E-state index in [1.807, 2.05) is 21.1 Å². The molecule has 0 amide bonds. The van der Waals surface area contributed by atoms with Crippen LogP contribution in [-0.2, 0) is 28.6 Å². The van der Waals surface area contributed by atoms with Gasteiger partial charge in [-0.15, -0.1) is 0 Å². The predicted octanol–water partition coefficient (Wildman–Crippen LogP) is 9.35. The van der Waals surface area contributed by atoms with Crippen molar-refractivity contribution in [2.45, 2.75) is 167 Å². The highest BCUT2D eigenvalue weighted by Crippen LogP contribution is 2.13. The summed E-state index contributed by atoms with van der Waals surface area (Å²) >= 11 is 0. The minimum Gasteiger partial charge on any atom is -0.477 e. The van der Waals surface area contributed by atoms with Gasteiger partial charge in [0.2, 0.25) is 0 Å². The Bertz CT molecular complexity index is 834. The second kappa shape index (κ2) is 31.1. The molecular weight excluding hydrogens is 594 g/mol. The van der Waals surface area contributed by atoms with Crippen molar-refractivity contribution in [3.05, 3.63) is 24.3 Å². The van der Waals surface area contributed by atoms with Crippen molar-refractivity contribution in [1.82, 2.24) is 0 Å². The van der Waals surface area contributed by atoms with E-state index in [2.05, 4.69) is 38.2 Å². The molecule has 0 heterocycles. The number of carboxylic acid groups (broad SMARTS) is 1. The van der Waals surface area contributed by atoms with Gasteiger partial charge in [-0.25, -0.2) is 4.79 Å². The first-order chi connectivity index (χ1) is 22.6. The van der Waals surface area contributed by atoms with Crippen LogP contribution < -0.4 is 0 Å². The van der Waals surface area contributed by atoms with Crippen LogP contribution in [0, 0.1) is 0 Å². The number of ether oxygens (including phenoxy) is 3. The number of carbonyl (C=O) groups excluding carboxylic acids is 2. The molecule has 0 aromatic rings. The Morgan fingerprint density at radius 2 is 1.09 bits per heavy atom. The van der Waals surface area contributed by atoms with E-state index < -0.39 is 18.1 Å². The lowest BCUT2D eigenvalue weighted by atomic mass is 10.1. The first kappa shape index (κ1) is 44.8. The minimum atomic E-state index is -0.879. The second-order valence-corrected chi connectivity index (χ2v) is 13.8. The minimum absolute atomic E-state index is 0.0569. The van der Waals surface area contributed by atoms with E-state index in [9.17, 15) is 19.5 Å². The molecule has 8 heteroatoms. The maximum absolute atomic E-state index is 12.6. The van der Waals surface area contributed by atoms with E-state index in [0.29, 0.717) is 19.3 Å². The normalized spacial score (nSPS) is 13.3. The van der Waals surface area contributed by atoms with Crippen LogP contribution in [0.1, 0.15) is 155 Å². The molecular formula is C39H72NO7+. The smallest absolute Gasteiger partial charge is 0.362 e. The van der Waals surface area contributed by atoms with Crippen LogP contribution in [-0.4, -0.2) is 80.6 Å². The van der Waals surface area contributed by atoms with E-state index in [0.717, 1.165) is 64.2 Å². The van der Waals surface area contributed by atoms with E-state index in [-0.39, 0.29) is 36.2 Å². The Balaban J connectivity index is 4.46. The molecule has 0 aliphatic rings. The number of allylic oxidation sites excluding steroid dienone is 4. The molecule has 0 rings (SSSR count). The van der Waals surface area contributed by atoms with Crippen molar-refractivity contribution < 1.29 is 38.2 Å². The fourth-order valence-corrected chi connectivity index (χ4v) is 5.30. The third kappa shape index (κ3) is 29.7. The highest BCUT2D eigenvalue weighted by atomic mass is 16.6. The van der Waals surface area contributed by atoms with Gasteiger partial charge in [0.05, 0.1) is 34.4 Å². The average Bonchev–Trinajstić information content (AvgIpc) is 3.01. The Morgan fingerprint density at radius 1 is 0.617 bits per heavy atom. The third-order valence-corrected chi connectivity index (χ3v) is 8.32. The van der Waals surface area contributed by atoms with Gasteiger partial charge in [0.1, 0.15) is 6.61 Å². The van der Waals surface area contributed by atoms with Crippen molar-refractivity contribution in [2.75, 3.05) is 41.0 Å². The lowest BCUT2D eigenvalue weighted by molar-refractivity contribution is -0.887. The van der Waals surface area contributed by atoms with Crippen molar-refractivity contribution in [2.24, 2.45) is 0 Å². The molecule has 0 aromatic carbocycles. The summed E-state index contributed by atoms with van der Waals surface area (Å²) in [6, 6.07) is -0.613. The number of carboxylic acids is 1. The van der Waals surface area contributed by atoms with Crippen molar-refractivity contribution >= 4 is 17.9 Å². The fraction of sp³-hybridized carbons (Fsp3) is 0.821. The maximum Gasteiger partial charge on any atom is 0.362 e. The van der Waals surface area contributed by atoms with Gasteiger partial charge in [0.15, 0.2) is 12.1 Å². The summed E-state index contributed by atoms with van der Waals surface area (Å²) in [5, 5.41) is 9.57. The monoisotopic (exact) mass is 667 g/mol. The second-order valence-electron chi connectivity index (χ2n) is 13.8. The van der Waals surface area contributed by atoms with Gasteiger partial charge in [0.25, 0.3) is 0 Å². The lowest BCUT2D eigenvalue weighted by Gasteiger charge is -2.31. The number of hydrogen-bond acceptors (Lipinski definition) is 6. The van der Waals surface area contributed by atoms with Crippen LogP contribution >= 0.6 is 0 Å².